The van der Waals surface area contributed by atoms with Crippen LogP contribution in [0.2, 0.25) is 0 Å². The Morgan fingerprint density at radius 2 is 1.57 bits per heavy atom. The van der Waals surface area contributed by atoms with Crippen LogP contribution in [0, 0.1) is 17.8 Å². The minimum absolute atomic E-state index is 0.0828. The summed E-state index contributed by atoms with van der Waals surface area (Å²) < 4.78 is 11.5. The molecule has 4 aliphatic rings. The molecule has 4 aliphatic carbocycles. The second-order valence-electron chi connectivity index (χ2n) is 12.0. The fourth-order valence-corrected chi connectivity index (χ4v) is 7.55. The molecule has 8 nitrogen and oxygen atoms in total. The minimum Gasteiger partial charge on any atom is -0.508 e. The summed E-state index contributed by atoms with van der Waals surface area (Å²) in [6.07, 6.45) is 9.73. The molecule has 7 rings (SSSR count). The van der Waals surface area contributed by atoms with Gasteiger partial charge < -0.3 is 19.9 Å². The average Bonchev–Trinajstić information content (AvgIpc) is 2.97. The second-order valence-corrected chi connectivity index (χ2v) is 12.0. The number of anilines is 1. The van der Waals surface area contributed by atoms with Crippen molar-refractivity contribution in [3.05, 3.63) is 83.4 Å². The highest BCUT2D eigenvalue weighted by atomic mass is 16.5. The van der Waals surface area contributed by atoms with E-state index in [0.717, 1.165) is 23.4 Å². The third kappa shape index (κ3) is 6.12. The highest BCUT2D eigenvalue weighted by Gasteiger charge is 2.51. The first-order valence-corrected chi connectivity index (χ1v) is 14.8. The van der Waals surface area contributed by atoms with Crippen LogP contribution in [0.25, 0.3) is 0 Å². The van der Waals surface area contributed by atoms with Crippen LogP contribution in [0.4, 0.5) is 5.69 Å². The van der Waals surface area contributed by atoms with Gasteiger partial charge in [0.05, 0.1) is 12.8 Å². The molecule has 0 atom stereocenters. The maximum atomic E-state index is 12.7. The minimum atomic E-state index is -0.398. The summed E-state index contributed by atoms with van der Waals surface area (Å²) in [6.45, 7) is 2.12. The maximum Gasteiger partial charge on any atom is 0.271 e. The summed E-state index contributed by atoms with van der Waals surface area (Å²) in [5.74, 6) is 3.04. The molecule has 42 heavy (non-hydrogen) atoms. The molecule has 3 N–H and O–H groups in total. The third-order valence-corrected chi connectivity index (χ3v) is 8.95. The summed E-state index contributed by atoms with van der Waals surface area (Å²) in [4.78, 5) is 24.9. The molecule has 3 aromatic carbocycles. The first kappa shape index (κ1) is 27.8. The van der Waals surface area contributed by atoms with Crippen molar-refractivity contribution in [3.63, 3.8) is 0 Å². The number of benzene rings is 3. The number of amides is 2. The molecule has 0 saturated heterocycles. The van der Waals surface area contributed by atoms with E-state index in [-0.39, 0.29) is 18.3 Å². The molecule has 0 aromatic heterocycles. The SMILES string of the molecule is CCOc1cc(/C=N\NC(=O)c2ccc(O)cc2)ccc1OCC(=O)Nc1ccc(C23CC4CC(CC(C4)C2)C3)cc1. The van der Waals surface area contributed by atoms with E-state index in [1.807, 2.05) is 19.1 Å². The van der Waals surface area contributed by atoms with Crippen molar-refractivity contribution < 1.29 is 24.2 Å². The molecule has 2 amide bonds. The molecule has 0 heterocycles. The normalized spacial score (nSPS) is 24.0. The number of ether oxygens (including phenoxy) is 2. The molecule has 8 heteroatoms. The lowest BCUT2D eigenvalue weighted by Crippen LogP contribution is -2.48. The molecule has 4 fully saturated rings. The van der Waals surface area contributed by atoms with E-state index in [9.17, 15) is 14.7 Å². The molecule has 0 spiro atoms. The van der Waals surface area contributed by atoms with E-state index in [0.29, 0.717) is 34.6 Å². The van der Waals surface area contributed by atoms with Crippen molar-refractivity contribution in [1.29, 1.82) is 0 Å². The summed E-state index contributed by atoms with van der Waals surface area (Å²) in [5.41, 5.74) is 6.05. The molecule has 0 aliphatic heterocycles. The van der Waals surface area contributed by atoms with Crippen molar-refractivity contribution >= 4 is 23.7 Å². The van der Waals surface area contributed by atoms with Crippen LogP contribution in [0.3, 0.4) is 0 Å². The topological polar surface area (TPSA) is 109 Å². The van der Waals surface area contributed by atoms with Crippen LogP contribution in [-0.2, 0) is 10.2 Å². The van der Waals surface area contributed by atoms with E-state index in [1.54, 1.807) is 18.2 Å². The van der Waals surface area contributed by atoms with Gasteiger partial charge in [0.15, 0.2) is 18.1 Å². The number of nitrogens with zero attached hydrogens (tertiary/aromatic N) is 1. The molecular formula is C34H37N3O5. The van der Waals surface area contributed by atoms with Gasteiger partial charge in [-0.3, -0.25) is 9.59 Å². The van der Waals surface area contributed by atoms with Crippen molar-refractivity contribution in [2.45, 2.75) is 50.9 Å². The van der Waals surface area contributed by atoms with Crippen LogP contribution in [0.1, 0.15) is 66.9 Å². The van der Waals surface area contributed by atoms with Gasteiger partial charge >= 0.3 is 0 Å². The number of hydrazone groups is 1. The first-order chi connectivity index (χ1) is 20.4. The highest BCUT2D eigenvalue weighted by Crippen LogP contribution is 2.60. The molecule has 218 valence electrons. The van der Waals surface area contributed by atoms with Crippen molar-refractivity contribution in [2.24, 2.45) is 22.9 Å². The van der Waals surface area contributed by atoms with Gasteiger partial charge in [0.25, 0.3) is 11.8 Å². The standard InChI is InChI=1S/C34H37N3O5/c1-2-41-31-16-22(20-35-37-33(40)26-4-10-29(38)11-5-26)3-12-30(31)42-21-32(39)36-28-8-6-27(7-9-28)34-17-23-13-24(18-34)15-25(14-23)19-34/h3-12,16,20,23-25,38H,2,13-15,17-19,21H2,1H3,(H,36,39)(H,37,40)/b35-20-. The number of nitrogens with one attached hydrogen (secondary N) is 2. The van der Waals surface area contributed by atoms with Gasteiger partial charge in [-0.25, -0.2) is 5.43 Å². The summed E-state index contributed by atoms with van der Waals surface area (Å²) in [6, 6.07) is 19.6. The number of hydrogen-bond acceptors (Lipinski definition) is 6. The lowest BCUT2D eigenvalue weighted by Gasteiger charge is -2.57. The monoisotopic (exact) mass is 567 g/mol. The van der Waals surface area contributed by atoms with Gasteiger partial charge in [0.2, 0.25) is 0 Å². The molecule has 0 radical (unpaired) electrons. The Kier molecular flexibility index (Phi) is 7.87. The van der Waals surface area contributed by atoms with Gasteiger partial charge in [0.1, 0.15) is 5.75 Å². The Morgan fingerprint density at radius 1 is 0.905 bits per heavy atom. The number of carbonyl (C=O) groups excluding carboxylic acids is 2. The fourth-order valence-electron chi connectivity index (χ4n) is 7.55. The van der Waals surface area contributed by atoms with Gasteiger partial charge in [0, 0.05) is 11.3 Å². The van der Waals surface area contributed by atoms with Crippen LogP contribution in [0.5, 0.6) is 17.2 Å². The Bertz CT molecular complexity index is 1430. The Labute approximate surface area is 246 Å². The van der Waals surface area contributed by atoms with E-state index >= 15 is 0 Å². The number of carbonyl (C=O) groups is 2. The van der Waals surface area contributed by atoms with Crippen molar-refractivity contribution in [1.82, 2.24) is 5.43 Å². The number of phenols is 1. The van der Waals surface area contributed by atoms with E-state index in [4.69, 9.17) is 9.47 Å². The Hall–Kier alpha value is -4.33. The molecule has 3 aromatic rings. The molecule has 4 bridgehead atoms. The van der Waals surface area contributed by atoms with Crippen LogP contribution in [-0.4, -0.2) is 36.3 Å². The van der Waals surface area contributed by atoms with E-state index in [2.05, 4.69) is 28.0 Å². The zero-order valence-corrected chi connectivity index (χ0v) is 23.8. The number of hydrogen-bond donors (Lipinski definition) is 3. The van der Waals surface area contributed by atoms with Gasteiger partial charge in [-0.1, -0.05) is 12.1 Å². The van der Waals surface area contributed by atoms with Crippen molar-refractivity contribution in [3.8, 4) is 17.2 Å². The number of aromatic hydroxyl groups is 1. The largest absolute Gasteiger partial charge is 0.508 e. The zero-order valence-electron chi connectivity index (χ0n) is 23.8. The third-order valence-electron chi connectivity index (χ3n) is 8.95. The molecule has 0 unspecified atom stereocenters. The van der Waals surface area contributed by atoms with Gasteiger partial charge in [-0.15, -0.1) is 0 Å². The van der Waals surface area contributed by atoms with E-state index < -0.39 is 5.91 Å². The zero-order chi connectivity index (χ0) is 29.1. The quantitative estimate of drug-likeness (QED) is 0.204. The van der Waals surface area contributed by atoms with Gasteiger partial charge in [-0.2, -0.15) is 5.10 Å². The fraction of sp³-hybridized carbons (Fsp3) is 0.382. The van der Waals surface area contributed by atoms with Crippen molar-refractivity contribution in [2.75, 3.05) is 18.5 Å². The predicted octanol–water partition coefficient (Wildman–Crippen LogP) is 6.04. The number of phenolic OH excluding ortho intramolecular Hbond substituents is 1. The molecule has 4 saturated carbocycles. The first-order valence-electron chi connectivity index (χ1n) is 14.8. The number of rotatable bonds is 10. The average molecular weight is 568 g/mol. The van der Waals surface area contributed by atoms with Crippen LogP contribution < -0.4 is 20.2 Å². The predicted molar refractivity (Wildman–Crippen MR) is 161 cm³/mol. The maximum absolute atomic E-state index is 12.7. The Morgan fingerprint density at radius 3 is 2.21 bits per heavy atom. The summed E-state index contributed by atoms with van der Waals surface area (Å²) in [5, 5.41) is 16.3. The second kappa shape index (κ2) is 11.9. The molecular weight excluding hydrogens is 530 g/mol. The van der Waals surface area contributed by atoms with Gasteiger partial charge in [-0.05, 0) is 134 Å². The van der Waals surface area contributed by atoms with E-state index in [1.165, 1.54) is 74.6 Å². The summed E-state index contributed by atoms with van der Waals surface area (Å²) in [7, 11) is 0. The highest BCUT2D eigenvalue weighted by molar-refractivity contribution is 5.95. The summed E-state index contributed by atoms with van der Waals surface area (Å²) >= 11 is 0. The smallest absolute Gasteiger partial charge is 0.271 e. The lowest BCUT2D eigenvalue weighted by atomic mass is 9.48. The van der Waals surface area contributed by atoms with Crippen LogP contribution >= 0.6 is 0 Å². The lowest BCUT2D eigenvalue weighted by molar-refractivity contribution is -0.118. The Balaban J connectivity index is 1.03. The van der Waals surface area contributed by atoms with Crippen LogP contribution in [0.15, 0.2) is 71.8 Å².